The molecule has 111 heavy (non-hydrogen) atoms. The molecule has 6 saturated carbocycles. The Bertz CT molecular complexity index is 4720. The van der Waals surface area contributed by atoms with Gasteiger partial charge >= 0.3 is 11.5 Å². The molecule has 6 aliphatic carbocycles. The van der Waals surface area contributed by atoms with Crippen molar-refractivity contribution in [1.29, 1.82) is 0 Å². The number of carbonyl (C=O) groups excluding carboxylic acids is 8. The fourth-order valence-electron chi connectivity index (χ4n) is 14.2. The highest BCUT2D eigenvalue weighted by molar-refractivity contribution is 7.91. The Morgan fingerprint density at radius 3 is 1.27 bits per heavy atom. The summed E-state index contributed by atoms with van der Waals surface area (Å²) < 4.78 is 133. The average molecular weight is 1640 g/mol. The molecule has 28 nitrogen and oxygen atoms in total. The Hall–Kier alpha value is -8.45. The Morgan fingerprint density at radius 1 is 0.541 bits per heavy atom. The molecule has 4 aromatic heterocycles. The van der Waals surface area contributed by atoms with Gasteiger partial charge in [-0.2, -0.15) is 0 Å². The highest BCUT2D eigenvalue weighted by atomic mass is 35.5. The monoisotopic (exact) mass is 1640 g/mol. The zero-order chi connectivity index (χ0) is 79.9. The number of nitrogens with one attached hydrogen (secondary N) is 5. The van der Waals surface area contributed by atoms with E-state index in [1.807, 2.05) is 74.8 Å². The molecular formula is C74H89ClF4N12O16S4. The second kappa shape index (κ2) is 32.9. The Labute approximate surface area is 651 Å². The first-order valence-corrected chi connectivity index (χ1v) is 42.1. The summed E-state index contributed by atoms with van der Waals surface area (Å²) in [5.41, 5.74) is 2.99. The SMILES string of the molecule is CC(C)(C)[C@H](N)C(=O)N1C[C@H](Oc2nc3ccccc3nc2-c2cccs2)C[C@H]1C(=O)N[C@]1(C(=O)NS(=O)(=O)C2CC2)C[C@H]1C(F)F.CC(C)(C)[C@H](NC(=O)OC1CCCC1)C(=O)N1C[C@H](Oc2nc3ccccc3nc2-c2cccs2)C[C@H]1C(=O)N[C@]1(C(=O)NS(=O)(=O)C2CC2)C[C@H]1C(F)F.O=C(Cl)OC1CCCC1. The zero-order valence-corrected chi connectivity index (χ0v) is 65.7. The number of carbonyl (C=O) groups is 8. The Morgan fingerprint density at radius 2 is 0.928 bits per heavy atom. The van der Waals surface area contributed by atoms with Crippen LogP contribution in [-0.4, -0.2) is 190 Å². The van der Waals surface area contributed by atoms with E-state index in [1.165, 1.54) is 32.5 Å². The van der Waals surface area contributed by atoms with Crippen molar-refractivity contribution in [3.63, 3.8) is 0 Å². The van der Waals surface area contributed by atoms with Gasteiger partial charge in [-0.05, 0) is 148 Å². The zero-order valence-electron chi connectivity index (χ0n) is 61.7. The molecule has 14 rings (SSSR count). The second-order valence-corrected chi connectivity index (χ2v) is 37.7. The van der Waals surface area contributed by atoms with Crippen molar-refractivity contribution < 1.29 is 91.7 Å². The van der Waals surface area contributed by atoms with E-state index in [0.29, 0.717) is 72.0 Å². The van der Waals surface area contributed by atoms with E-state index in [9.17, 15) is 72.8 Å². The quantitative estimate of drug-likeness (QED) is 0.0257. The third-order valence-corrected chi connectivity index (χ3v) is 26.6. The van der Waals surface area contributed by atoms with Crippen LogP contribution >= 0.6 is 34.3 Å². The fourth-order valence-corrected chi connectivity index (χ4v) is 18.5. The van der Waals surface area contributed by atoms with E-state index in [2.05, 4.69) is 20.9 Å². The van der Waals surface area contributed by atoms with Crippen molar-refractivity contribution in [3.8, 4) is 32.9 Å². The molecule has 2 aromatic carbocycles. The van der Waals surface area contributed by atoms with E-state index < -0.39 is 173 Å². The number of aromatic nitrogens is 4. The summed E-state index contributed by atoms with van der Waals surface area (Å²) in [7, 11) is -8.21. The summed E-state index contributed by atoms with van der Waals surface area (Å²) in [6.07, 6.45) is -0.988. The number of hydrogen-bond donors (Lipinski definition) is 6. The van der Waals surface area contributed by atoms with Crippen LogP contribution in [0.25, 0.3) is 43.2 Å². The smallest absolute Gasteiger partial charge is 0.408 e. The number of amides is 7. The minimum absolute atomic E-state index is 0.0791. The van der Waals surface area contributed by atoms with Gasteiger partial charge in [0.05, 0.1) is 73.3 Å². The van der Waals surface area contributed by atoms with Gasteiger partial charge in [-0.3, -0.25) is 38.2 Å². The van der Waals surface area contributed by atoms with Gasteiger partial charge in [-0.1, -0.05) is 77.9 Å². The molecule has 7 N–H and O–H groups in total. The molecule has 37 heteroatoms. The van der Waals surface area contributed by atoms with Crippen molar-refractivity contribution in [2.45, 2.75) is 227 Å². The largest absolute Gasteiger partial charge is 0.471 e. The maximum absolute atomic E-state index is 14.6. The van der Waals surface area contributed by atoms with Crippen LogP contribution in [0.5, 0.6) is 11.8 Å². The predicted molar refractivity (Wildman–Crippen MR) is 402 cm³/mol. The number of nitrogens with zero attached hydrogens (tertiary/aromatic N) is 6. The number of benzene rings is 2. The molecule has 10 atom stereocenters. The molecular weight excluding hydrogens is 1550 g/mol. The lowest BCUT2D eigenvalue weighted by Crippen LogP contribution is -2.60. The third kappa shape index (κ3) is 19.1. The average Bonchev–Trinajstić information content (AvgIpc) is 1.57. The van der Waals surface area contributed by atoms with Crippen LogP contribution < -0.4 is 40.6 Å². The normalized spacial score (nSPS) is 24.5. The van der Waals surface area contributed by atoms with Crippen LogP contribution in [0.1, 0.15) is 144 Å². The molecule has 0 spiro atoms. The minimum Gasteiger partial charge on any atom is -0.471 e. The standard InChI is InChI=1S/C37H44F2N6O8S2.C31H36F2N6O6S2.C6H9ClO2/c1-36(2,3)29(42-35(49)53-20-9-4-5-10-20)33(47)45-19-21(52-32-28(27-13-8-16-54-27)40-24-11-6-7-12-25(24)41-32)17-26(45)31(46)43-37(18-23(37)30(38)39)34(48)44-55(50,51)22-14-15-22;1-30(2,3)24(34)28(41)39-15-16(45-27-23(22-9-6-12-46-22)35-19-7-4-5-8-20(19)36-27)13-21(39)26(40)37-31(14-18(31)25(32)33)29(42)38-47(43,44)17-10-11-17;7-6(8)9-5-3-1-2-4-5/h6-8,11-13,16,20-23,26,29-30H,4-5,9-10,14-15,17-19H2,1-3H3,(H,42,49)(H,43,46)(H,44,48);4-9,12,16-18,21,24-25H,10-11,13-15,34H2,1-3H3,(H,37,40)(H,38,42);5H,1-4H2/t21-,23+,26+,29-,37-;16-,18+,21+,24-,31-;/m11./s1. The highest BCUT2D eigenvalue weighted by Crippen LogP contribution is 2.50. The number of alkyl carbamates (subject to hydrolysis) is 1. The lowest BCUT2D eigenvalue weighted by molar-refractivity contribution is -0.143. The third-order valence-electron chi connectivity index (χ3n) is 21.1. The van der Waals surface area contributed by atoms with Crippen LogP contribution in [0, 0.1) is 22.7 Å². The number of fused-ring (bicyclic) bond motifs is 2. The summed E-state index contributed by atoms with van der Waals surface area (Å²) in [5.74, 6) is -8.47. The van der Waals surface area contributed by atoms with E-state index in [4.69, 9.17) is 51.2 Å². The van der Waals surface area contributed by atoms with Gasteiger partial charge in [0, 0.05) is 24.4 Å². The fraction of sp³-hybridized carbons (Fsp3) is 0.568. The summed E-state index contributed by atoms with van der Waals surface area (Å²) in [4.78, 5) is 129. The lowest BCUT2D eigenvalue weighted by atomic mass is 9.85. The van der Waals surface area contributed by atoms with Crippen molar-refractivity contribution >= 4 is 123 Å². The number of thiophene rings is 2. The number of likely N-dealkylation sites (tertiary alicyclic amines) is 2. The second-order valence-electron chi connectivity index (χ2n) is 31.6. The Kier molecular flexibility index (Phi) is 24.3. The number of alkyl halides is 4. The van der Waals surface area contributed by atoms with Crippen molar-refractivity contribution in [3.05, 3.63) is 83.6 Å². The van der Waals surface area contributed by atoms with E-state index in [1.54, 1.807) is 59.7 Å². The van der Waals surface area contributed by atoms with Crippen molar-refractivity contribution in [1.82, 2.24) is 55.1 Å². The van der Waals surface area contributed by atoms with Gasteiger partial charge in [0.1, 0.15) is 65.0 Å². The maximum Gasteiger partial charge on any atom is 0.408 e. The molecule has 6 heterocycles. The molecule has 8 fully saturated rings. The first-order valence-electron chi connectivity index (χ1n) is 36.9. The summed E-state index contributed by atoms with van der Waals surface area (Å²) in [6, 6.07) is 17.0. The van der Waals surface area contributed by atoms with E-state index in [0.717, 1.165) is 48.3 Å². The van der Waals surface area contributed by atoms with Crippen LogP contribution in [0.4, 0.5) is 27.2 Å². The van der Waals surface area contributed by atoms with Gasteiger partial charge in [0.15, 0.2) is 0 Å². The summed E-state index contributed by atoms with van der Waals surface area (Å²) >= 11 is 7.84. The molecule has 600 valence electrons. The first kappa shape index (κ1) is 82.0. The van der Waals surface area contributed by atoms with Gasteiger partial charge in [-0.15, -0.1) is 22.7 Å². The highest BCUT2D eigenvalue weighted by Gasteiger charge is 2.68. The number of ether oxygens (including phenoxy) is 4. The van der Waals surface area contributed by atoms with E-state index in [-0.39, 0.29) is 49.9 Å². The van der Waals surface area contributed by atoms with Gasteiger partial charge < -0.3 is 50.4 Å². The van der Waals surface area contributed by atoms with Crippen LogP contribution in [0.2, 0.25) is 0 Å². The maximum atomic E-state index is 14.6. The topological polar surface area (TPSA) is 386 Å². The molecule has 2 aliphatic heterocycles. The van der Waals surface area contributed by atoms with E-state index >= 15 is 0 Å². The molecule has 8 aliphatic rings. The van der Waals surface area contributed by atoms with Crippen molar-refractivity contribution in [2.24, 2.45) is 28.4 Å². The molecule has 0 bridgehead atoms. The molecule has 0 unspecified atom stereocenters. The molecule has 6 aromatic rings. The summed E-state index contributed by atoms with van der Waals surface area (Å²) in [6.45, 7) is 10.2. The number of sulfonamides is 2. The summed E-state index contributed by atoms with van der Waals surface area (Å²) in [5, 5.41) is 9.71. The molecule has 7 amide bonds. The van der Waals surface area contributed by atoms with Gasteiger partial charge in [0.25, 0.3) is 11.8 Å². The number of hydrogen-bond acceptors (Lipinski definition) is 23. The minimum atomic E-state index is -4.13. The number of rotatable bonds is 23. The first-order chi connectivity index (χ1) is 52.4. The lowest BCUT2D eigenvalue weighted by Gasteiger charge is -2.35. The van der Waals surface area contributed by atoms with Crippen molar-refractivity contribution in [2.75, 3.05) is 13.1 Å². The van der Waals surface area contributed by atoms with Crippen LogP contribution in [0.3, 0.4) is 0 Å². The van der Waals surface area contributed by atoms with Gasteiger partial charge in [0.2, 0.25) is 68.3 Å². The van der Waals surface area contributed by atoms with Crippen LogP contribution in [-0.2, 0) is 58.3 Å². The number of nitrogens with two attached hydrogens (primary N) is 1. The molecule has 0 radical (unpaired) electrons. The molecule has 2 saturated heterocycles. The van der Waals surface area contributed by atoms with Gasteiger partial charge in [-0.25, -0.2) is 63.9 Å². The number of para-hydroxylation sites is 4. The predicted octanol–water partition coefficient (Wildman–Crippen LogP) is 9.67. The van der Waals surface area contributed by atoms with Crippen LogP contribution in [0.15, 0.2) is 83.6 Å². The number of halogens is 5. The Balaban J connectivity index is 0.000000187.